The predicted molar refractivity (Wildman–Crippen MR) is 114 cm³/mol. The number of hydrogen-bond donors (Lipinski definition) is 1. The summed E-state index contributed by atoms with van der Waals surface area (Å²) in [6, 6.07) is 17.5. The normalized spacial score (nSPS) is 11.7. The summed E-state index contributed by atoms with van der Waals surface area (Å²) in [7, 11) is 1.61. The molecule has 1 amide bonds. The number of rotatable bonds is 7. The van der Waals surface area contributed by atoms with Crippen LogP contribution in [0.4, 0.5) is 5.69 Å². The molecule has 0 saturated carbocycles. The van der Waals surface area contributed by atoms with Crippen LogP contribution in [0.1, 0.15) is 31.9 Å². The van der Waals surface area contributed by atoms with Gasteiger partial charge in [0.25, 0.3) is 5.56 Å². The number of aryl methyl sites for hydroxylation is 1. The van der Waals surface area contributed by atoms with Crippen LogP contribution < -0.4 is 15.6 Å². The summed E-state index contributed by atoms with van der Waals surface area (Å²) in [5.74, 6) is 0.484. The molecule has 0 aliphatic heterocycles. The highest BCUT2D eigenvalue weighted by atomic mass is 16.5. The second-order valence-corrected chi connectivity index (χ2v) is 6.65. The van der Waals surface area contributed by atoms with Crippen molar-refractivity contribution < 1.29 is 9.53 Å². The largest absolute Gasteiger partial charge is 0.497 e. The monoisotopic (exact) mass is 391 g/mol. The van der Waals surface area contributed by atoms with E-state index in [9.17, 15) is 9.59 Å². The molecular formula is C23H25N3O3. The molecule has 1 heterocycles. The van der Waals surface area contributed by atoms with Gasteiger partial charge in [-0.3, -0.25) is 9.59 Å². The number of methoxy groups -OCH3 is 1. The van der Waals surface area contributed by atoms with Crippen molar-refractivity contribution >= 4 is 11.6 Å². The van der Waals surface area contributed by atoms with Gasteiger partial charge in [0.2, 0.25) is 5.91 Å². The molecule has 150 valence electrons. The lowest BCUT2D eigenvalue weighted by molar-refractivity contribution is -0.119. The second-order valence-electron chi connectivity index (χ2n) is 6.65. The van der Waals surface area contributed by atoms with Crippen LogP contribution in [0.2, 0.25) is 0 Å². The zero-order valence-electron chi connectivity index (χ0n) is 16.9. The number of para-hydroxylation sites is 1. The maximum atomic E-state index is 13.0. The molecule has 3 rings (SSSR count). The minimum atomic E-state index is -0.703. The van der Waals surface area contributed by atoms with Crippen molar-refractivity contribution in [3.8, 4) is 17.0 Å². The van der Waals surface area contributed by atoms with Crippen molar-refractivity contribution in [1.29, 1.82) is 0 Å². The van der Waals surface area contributed by atoms with Gasteiger partial charge in [-0.05, 0) is 54.8 Å². The third kappa shape index (κ3) is 4.54. The molecule has 6 heteroatoms. The average Bonchev–Trinajstić information content (AvgIpc) is 2.76. The number of benzene rings is 2. The molecule has 0 aliphatic rings. The summed E-state index contributed by atoms with van der Waals surface area (Å²) in [4.78, 5) is 25.5. The highest BCUT2D eigenvalue weighted by Gasteiger charge is 2.22. The van der Waals surface area contributed by atoms with Crippen molar-refractivity contribution in [2.75, 3.05) is 12.4 Å². The first-order valence-corrected chi connectivity index (χ1v) is 9.70. The van der Waals surface area contributed by atoms with Gasteiger partial charge in [0, 0.05) is 17.3 Å². The van der Waals surface area contributed by atoms with E-state index in [1.807, 2.05) is 62.4 Å². The molecule has 0 saturated heterocycles. The quantitative estimate of drug-likeness (QED) is 0.659. The highest BCUT2D eigenvalue weighted by molar-refractivity contribution is 5.94. The lowest BCUT2D eigenvalue weighted by Crippen LogP contribution is -2.34. The van der Waals surface area contributed by atoms with Crippen molar-refractivity contribution in [2.45, 2.75) is 32.7 Å². The number of ether oxygens (including phenoxy) is 1. The van der Waals surface area contributed by atoms with Crippen LogP contribution in [0, 0.1) is 0 Å². The number of carbonyl (C=O) groups excluding carboxylic acids is 1. The van der Waals surface area contributed by atoms with E-state index in [1.165, 1.54) is 10.7 Å². The van der Waals surface area contributed by atoms with Gasteiger partial charge in [0.1, 0.15) is 11.8 Å². The maximum Gasteiger partial charge on any atom is 0.267 e. The van der Waals surface area contributed by atoms with Crippen molar-refractivity contribution in [1.82, 2.24) is 9.78 Å². The summed E-state index contributed by atoms with van der Waals surface area (Å²) in [5.41, 5.74) is 2.95. The van der Waals surface area contributed by atoms with Crippen LogP contribution in [-0.4, -0.2) is 22.8 Å². The highest BCUT2D eigenvalue weighted by Crippen LogP contribution is 2.22. The van der Waals surface area contributed by atoms with Crippen LogP contribution in [-0.2, 0) is 11.2 Å². The van der Waals surface area contributed by atoms with E-state index < -0.39 is 6.04 Å². The van der Waals surface area contributed by atoms with Gasteiger partial charge in [-0.15, -0.1) is 0 Å². The molecule has 1 atom stereocenters. The third-order valence-corrected chi connectivity index (χ3v) is 4.85. The Balaban J connectivity index is 1.92. The SMILES string of the molecule is CCc1ccccc1NC(=O)[C@H](CC)n1nc(-c2ccc(OC)cc2)ccc1=O. The molecular weight excluding hydrogens is 366 g/mol. The lowest BCUT2D eigenvalue weighted by Gasteiger charge is -2.18. The molecule has 0 unspecified atom stereocenters. The number of carbonyl (C=O) groups is 1. The van der Waals surface area contributed by atoms with Gasteiger partial charge in [-0.2, -0.15) is 5.10 Å². The van der Waals surface area contributed by atoms with Crippen LogP contribution in [0.25, 0.3) is 11.3 Å². The molecule has 3 aromatic rings. The summed E-state index contributed by atoms with van der Waals surface area (Å²) in [6.45, 7) is 3.90. The van der Waals surface area contributed by atoms with Gasteiger partial charge in [-0.1, -0.05) is 32.0 Å². The first kappa shape index (κ1) is 20.3. The molecule has 0 fully saturated rings. The smallest absolute Gasteiger partial charge is 0.267 e. The van der Waals surface area contributed by atoms with Crippen LogP contribution in [0.15, 0.2) is 65.5 Å². The molecule has 29 heavy (non-hydrogen) atoms. The van der Waals surface area contributed by atoms with E-state index in [2.05, 4.69) is 10.4 Å². The fourth-order valence-electron chi connectivity index (χ4n) is 3.20. The molecule has 1 aromatic heterocycles. The van der Waals surface area contributed by atoms with Crippen LogP contribution in [0.5, 0.6) is 5.75 Å². The Labute approximate surface area is 170 Å². The second kappa shape index (κ2) is 9.19. The molecule has 2 aromatic carbocycles. The zero-order chi connectivity index (χ0) is 20.8. The topological polar surface area (TPSA) is 73.2 Å². The summed E-state index contributed by atoms with van der Waals surface area (Å²) in [6.07, 6.45) is 1.25. The minimum absolute atomic E-state index is 0.255. The zero-order valence-corrected chi connectivity index (χ0v) is 16.9. The summed E-state index contributed by atoms with van der Waals surface area (Å²) in [5, 5.41) is 7.43. The Bertz CT molecular complexity index is 1040. The van der Waals surface area contributed by atoms with Gasteiger partial charge in [-0.25, -0.2) is 4.68 Å². The van der Waals surface area contributed by atoms with Crippen molar-refractivity contribution in [3.63, 3.8) is 0 Å². The van der Waals surface area contributed by atoms with E-state index in [1.54, 1.807) is 13.2 Å². The standard InChI is InChI=1S/C23H25N3O3/c1-4-16-8-6-7-9-19(16)24-23(28)21(5-2)26-22(27)15-14-20(25-26)17-10-12-18(29-3)13-11-17/h6-15,21H,4-5H2,1-3H3,(H,24,28)/t21-/m0/s1. The lowest BCUT2D eigenvalue weighted by atomic mass is 10.1. The predicted octanol–water partition coefficient (Wildman–Crippen LogP) is 4.07. The summed E-state index contributed by atoms with van der Waals surface area (Å²) < 4.78 is 6.45. The third-order valence-electron chi connectivity index (χ3n) is 4.85. The number of aromatic nitrogens is 2. The van der Waals surface area contributed by atoms with Crippen molar-refractivity contribution in [3.05, 3.63) is 76.6 Å². The number of nitrogens with zero attached hydrogens (tertiary/aromatic N) is 2. The molecule has 1 N–H and O–H groups in total. The number of amides is 1. The first-order valence-electron chi connectivity index (χ1n) is 9.70. The fraction of sp³-hybridized carbons (Fsp3) is 0.261. The Morgan fingerprint density at radius 1 is 1.07 bits per heavy atom. The molecule has 0 spiro atoms. The van der Waals surface area contributed by atoms with Gasteiger partial charge in [0.05, 0.1) is 12.8 Å². The fourth-order valence-corrected chi connectivity index (χ4v) is 3.20. The number of hydrogen-bond acceptors (Lipinski definition) is 4. The van der Waals surface area contributed by atoms with E-state index in [0.29, 0.717) is 12.1 Å². The molecule has 0 bridgehead atoms. The van der Waals surface area contributed by atoms with E-state index >= 15 is 0 Å². The average molecular weight is 391 g/mol. The van der Waals surface area contributed by atoms with Crippen LogP contribution >= 0.6 is 0 Å². The number of anilines is 1. The summed E-state index contributed by atoms with van der Waals surface area (Å²) >= 11 is 0. The Morgan fingerprint density at radius 3 is 2.45 bits per heavy atom. The van der Waals surface area contributed by atoms with E-state index in [4.69, 9.17) is 4.74 Å². The molecule has 0 radical (unpaired) electrons. The van der Waals surface area contributed by atoms with E-state index in [0.717, 1.165) is 29.0 Å². The molecule has 6 nitrogen and oxygen atoms in total. The Hall–Kier alpha value is -3.41. The van der Waals surface area contributed by atoms with Crippen molar-refractivity contribution in [2.24, 2.45) is 0 Å². The maximum absolute atomic E-state index is 13.0. The van der Waals surface area contributed by atoms with Gasteiger partial charge >= 0.3 is 0 Å². The van der Waals surface area contributed by atoms with Gasteiger partial charge < -0.3 is 10.1 Å². The Morgan fingerprint density at radius 2 is 1.79 bits per heavy atom. The van der Waals surface area contributed by atoms with Gasteiger partial charge in [0.15, 0.2) is 0 Å². The van der Waals surface area contributed by atoms with E-state index in [-0.39, 0.29) is 11.5 Å². The molecule has 0 aliphatic carbocycles. The van der Waals surface area contributed by atoms with Crippen LogP contribution in [0.3, 0.4) is 0 Å². The Kier molecular flexibility index (Phi) is 6.44. The minimum Gasteiger partial charge on any atom is -0.497 e. The number of nitrogens with one attached hydrogen (secondary N) is 1. The first-order chi connectivity index (χ1) is 14.1.